The quantitative estimate of drug-likeness (QED) is 0.270. The normalized spacial score (nSPS) is 13.8. The molecular weight excluding hydrogens is 665 g/mol. The molecule has 0 aliphatic rings. The number of hydrogen-bond acceptors (Lipinski definition) is 6. The summed E-state index contributed by atoms with van der Waals surface area (Å²) in [5.74, 6) is 0. The van der Waals surface area contributed by atoms with Crippen LogP contribution in [0.3, 0.4) is 0 Å². The molecule has 9 nitrogen and oxygen atoms in total. The van der Waals surface area contributed by atoms with Gasteiger partial charge in [0.2, 0.25) is 0 Å². The zero-order chi connectivity index (χ0) is 33.1. The first kappa shape index (κ1) is 33.3. The average molecular weight is 668 g/mol. The lowest BCUT2D eigenvalue weighted by atomic mass is 10.2. The first-order valence-corrected chi connectivity index (χ1v) is 9.83. The largest absolute Gasteiger partial charge is 0.929 e. The summed E-state index contributed by atoms with van der Waals surface area (Å²) >= 11 is 0. The average Bonchev–Trinajstić information content (AvgIpc) is 3.47. The van der Waals surface area contributed by atoms with Crippen molar-refractivity contribution in [2.45, 2.75) is 37.1 Å². The Labute approximate surface area is 221 Å². The van der Waals surface area contributed by atoms with Gasteiger partial charge in [-0.1, -0.05) is 0 Å². The molecule has 43 heavy (non-hydrogen) atoms. The summed E-state index contributed by atoms with van der Waals surface area (Å²) in [5, 5.41) is 6.68. The molecule has 0 amide bonds. The zero-order valence-electron chi connectivity index (χ0n) is 19.0. The standard InChI is InChI=1S/C15H3BF18N6O3/c17-10(18,19)4-1-7(13(26,27)28)38(35-4)41-16(42-39-8(14(29,30)31)2-5(36-39)11(20,21)22)43-40-9(15(32,33)34)3-6(37-40)12(23,24)25/h1-3H. The summed E-state index contributed by atoms with van der Waals surface area (Å²) in [6.45, 7) is 0. The molecule has 28 heteroatoms. The number of alkyl halides is 18. The van der Waals surface area contributed by atoms with E-state index in [1.165, 1.54) is 0 Å². The predicted molar refractivity (Wildman–Crippen MR) is 92.2 cm³/mol. The van der Waals surface area contributed by atoms with E-state index in [9.17, 15) is 79.0 Å². The fourth-order valence-corrected chi connectivity index (χ4v) is 2.63. The van der Waals surface area contributed by atoms with Crippen molar-refractivity contribution in [3.8, 4) is 0 Å². The minimum atomic E-state index is -5.92. The van der Waals surface area contributed by atoms with Crippen LogP contribution in [0.4, 0.5) is 79.0 Å². The van der Waals surface area contributed by atoms with Crippen molar-refractivity contribution in [3.05, 3.63) is 52.4 Å². The number of halogens is 18. The molecule has 0 unspecified atom stereocenters. The molecule has 3 rings (SSSR count). The van der Waals surface area contributed by atoms with Gasteiger partial charge in [-0.15, -0.1) is 29.8 Å². The highest BCUT2D eigenvalue weighted by Crippen LogP contribution is 2.37. The van der Waals surface area contributed by atoms with Crippen molar-refractivity contribution in [1.82, 2.24) is 29.8 Å². The van der Waals surface area contributed by atoms with E-state index in [0.717, 1.165) is 0 Å². The Morgan fingerprint density at radius 2 is 0.605 bits per heavy atom. The van der Waals surface area contributed by atoms with Crippen molar-refractivity contribution >= 4 is 7.32 Å². The smallest absolute Gasteiger partial charge is 0.380 e. The van der Waals surface area contributed by atoms with Crippen LogP contribution in [0.1, 0.15) is 34.2 Å². The summed E-state index contributed by atoms with van der Waals surface area (Å²) in [4.78, 5) is -3.93. The Morgan fingerprint density at radius 3 is 0.767 bits per heavy atom. The van der Waals surface area contributed by atoms with Crippen molar-refractivity contribution in [3.63, 3.8) is 0 Å². The molecule has 240 valence electrons. The van der Waals surface area contributed by atoms with Gasteiger partial charge in [-0.3, -0.25) is 0 Å². The molecule has 0 aliphatic carbocycles. The molecule has 0 radical (unpaired) electrons. The second-order valence-electron chi connectivity index (χ2n) is 7.45. The topological polar surface area (TPSA) is 81.1 Å². The van der Waals surface area contributed by atoms with E-state index in [-0.39, 0.29) is 0 Å². The molecule has 0 saturated heterocycles. The summed E-state index contributed by atoms with van der Waals surface area (Å²) in [6.07, 6.45) is -34.9. The number of rotatable bonds is 6. The Kier molecular flexibility index (Phi) is 7.93. The third-order valence-corrected chi connectivity index (χ3v) is 4.33. The lowest BCUT2D eigenvalue weighted by Gasteiger charge is -2.19. The SMILES string of the molecule is FC(F)(F)c1cc(C(F)(F)F)n(OB(On2nc(C(F)(F)F)cc2C(F)(F)F)On2nc(C(F)(F)F)cc2C(F)(F)F)n1. The van der Waals surface area contributed by atoms with E-state index in [1.807, 2.05) is 0 Å². The molecule has 3 aromatic heterocycles. The number of nitrogens with zero attached hydrogens (tertiary/aromatic N) is 6. The maximum absolute atomic E-state index is 13.3. The van der Waals surface area contributed by atoms with Crippen LogP contribution in [0.2, 0.25) is 0 Å². The van der Waals surface area contributed by atoms with E-state index in [4.69, 9.17) is 0 Å². The van der Waals surface area contributed by atoms with Crippen LogP contribution in [0.5, 0.6) is 0 Å². The van der Waals surface area contributed by atoms with Gasteiger partial charge in [-0.25, -0.2) is 0 Å². The Morgan fingerprint density at radius 1 is 0.395 bits per heavy atom. The first-order chi connectivity index (χ1) is 19.1. The fraction of sp³-hybridized carbons (Fsp3) is 0.400. The molecule has 0 bridgehead atoms. The Bertz CT molecular complexity index is 1270. The van der Waals surface area contributed by atoms with Gasteiger partial charge in [0.15, 0.2) is 34.2 Å². The van der Waals surface area contributed by atoms with Crippen LogP contribution < -0.4 is 14.3 Å². The highest BCUT2D eigenvalue weighted by molar-refractivity contribution is 6.37. The van der Waals surface area contributed by atoms with E-state index in [1.54, 1.807) is 0 Å². The lowest BCUT2D eigenvalue weighted by molar-refractivity contribution is -0.157. The van der Waals surface area contributed by atoms with Gasteiger partial charge in [0.05, 0.1) is 0 Å². The fourth-order valence-electron chi connectivity index (χ4n) is 2.63. The summed E-state index contributed by atoms with van der Waals surface area (Å²) < 4.78 is 248. The Balaban J connectivity index is 2.21. The molecule has 0 aromatic carbocycles. The minimum Gasteiger partial charge on any atom is -0.380 e. The van der Waals surface area contributed by atoms with Crippen molar-refractivity contribution in [2.75, 3.05) is 0 Å². The molecule has 0 saturated carbocycles. The monoisotopic (exact) mass is 668 g/mol. The highest BCUT2D eigenvalue weighted by Gasteiger charge is 2.50. The van der Waals surface area contributed by atoms with Gasteiger partial charge in [-0.05, 0) is 0 Å². The van der Waals surface area contributed by atoms with Gasteiger partial charge >= 0.3 is 44.4 Å². The molecule has 3 heterocycles. The summed E-state index contributed by atoms with van der Waals surface area (Å²) in [6, 6.07) is -2.44. The highest BCUT2D eigenvalue weighted by atomic mass is 19.4. The summed E-state index contributed by atoms with van der Waals surface area (Å²) in [5.41, 5.74) is -15.3. The van der Waals surface area contributed by atoms with Gasteiger partial charge < -0.3 is 14.3 Å². The van der Waals surface area contributed by atoms with Crippen LogP contribution in [-0.4, -0.2) is 37.2 Å². The molecular formula is C15H3BF18N6O3. The summed E-state index contributed by atoms with van der Waals surface area (Å²) in [7, 11) is -3.88. The van der Waals surface area contributed by atoms with Crippen LogP contribution in [0.15, 0.2) is 18.2 Å². The van der Waals surface area contributed by atoms with Crippen LogP contribution in [-0.2, 0) is 37.1 Å². The van der Waals surface area contributed by atoms with Gasteiger partial charge in [0, 0.05) is 18.2 Å². The van der Waals surface area contributed by atoms with E-state index in [0.29, 0.717) is 0 Å². The van der Waals surface area contributed by atoms with E-state index in [2.05, 4.69) is 29.6 Å². The molecule has 0 N–H and O–H groups in total. The molecule has 3 aromatic rings. The third-order valence-electron chi connectivity index (χ3n) is 4.33. The molecule has 0 spiro atoms. The maximum Gasteiger partial charge on any atom is 0.929 e. The second kappa shape index (κ2) is 10.2. The lowest BCUT2D eigenvalue weighted by Crippen LogP contribution is -2.51. The maximum atomic E-state index is 13.3. The number of hydrogen-bond donors (Lipinski definition) is 0. The predicted octanol–water partition coefficient (Wildman–Crippen LogP) is 5.06. The van der Waals surface area contributed by atoms with Crippen molar-refractivity contribution < 1.29 is 93.3 Å². The number of aromatic nitrogens is 6. The van der Waals surface area contributed by atoms with Crippen molar-refractivity contribution in [2.24, 2.45) is 0 Å². The van der Waals surface area contributed by atoms with Crippen LogP contribution >= 0.6 is 0 Å². The minimum absolute atomic E-state index is 0.815. The zero-order valence-corrected chi connectivity index (χ0v) is 19.0. The van der Waals surface area contributed by atoms with Crippen LogP contribution in [0, 0.1) is 0 Å². The van der Waals surface area contributed by atoms with Gasteiger partial charge in [-0.2, -0.15) is 79.0 Å². The van der Waals surface area contributed by atoms with E-state index >= 15 is 0 Å². The first-order valence-electron chi connectivity index (χ1n) is 9.83. The van der Waals surface area contributed by atoms with E-state index < -0.39 is 111 Å². The van der Waals surface area contributed by atoms with Crippen LogP contribution in [0.25, 0.3) is 0 Å². The molecule has 0 fully saturated rings. The van der Waals surface area contributed by atoms with Crippen molar-refractivity contribution in [1.29, 1.82) is 0 Å². The van der Waals surface area contributed by atoms with Gasteiger partial charge in [0.1, 0.15) is 0 Å². The van der Waals surface area contributed by atoms with Gasteiger partial charge in [0.25, 0.3) is 0 Å². The molecule has 0 aliphatic heterocycles. The second-order valence-corrected chi connectivity index (χ2v) is 7.45. The third kappa shape index (κ3) is 7.62. The Hall–Kier alpha value is -4.17. The molecule has 0 atom stereocenters.